The third kappa shape index (κ3) is 6.23. The van der Waals surface area contributed by atoms with Crippen molar-refractivity contribution < 1.29 is 0 Å². The van der Waals surface area contributed by atoms with Crippen LogP contribution in [-0.4, -0.2) is 19.5 Å². The third-order valence-electron chi connectivity index (χ3n) is 15.6. The molecule has 2 aromatic heterocycles. The molecule has 2 aliphatic carbocycles. The van der Waals surface area contributed by atoms with Crippen LogP contribution < -0.4 is 4.90 Å². The number of aromatic nitrogens is 4. The molecule has 0 radical (unpaired) electrons. The fourth-order valence-electron chi connectivity index (χ4n) is 12.4. The highest BCUT2D eigenvalue weighted by molar-refractivity contribution is 6.17. The summed E-state index contributed by atoms with van der Waals surface area (Å²) in [5.74, 6) is 1.94. The van der Waals surface area contributed by atoms with Crippen molar-refractivity contribution in [2.45, 2.75) is 38.0 Å². The Morgan fingerprint density at radius 1 is 0.431 bits per heavy atom. The molecule has 1 aliphatic heterocycles. The van der Waals surface area contributed by atoms with Crippen LogP contribution in [0, 0.1) is 0 Å². The fourth-order valence-corrected chi connectivity index (χ4v) is 12.4. The molecule has 0 fully saturated rings. The molecule has 14 rings (SSSR count). The first-order chi connectivity index (χ1) is 35.4. The second kappa shape index (κ2) is 16.1. The van der Waals surface area contributed by atoms with Gasteiger partial charge < -0.3 is 9.47 Å². The summed E-state index contributed by atoms with van der Waals surface area (Å²) in [6.07, 6.45) is 7.73. The minimum atomic E-state index is -0.348. The maximum Gasteiger partial charge on any atom is 0.166 e. The lowest BCUT2D eigenvalue weighted by Gasteiger charge is -2.32. The zero-order valence-electron chi connectivity index (χ0n) is 40.4. The van der Waals surface area contributed by atoms with Crippen LogP contribution in [0.3, 0.4) is 0 Å². The summed E-state index contributed by atoms with van der Waals surface area (Å²) in [4.78, 5) is 18.7. The van der Waals surface area contributed by atoms with E-state index in [-0.39, 0.29) is 10.8 Å². The first kappa shape index (κ1) is 42.0. The van der Waals surface area contributed by atoms with Crippen molar-refractivity contribution >= 4 is 33.2 Å². The van der Waals surface area contributed by atoms with Gasteiger partial charge in [-0.05, 0) is 112 Å². The first-order valence-corrected chi connectivity index (χ1v) is 25.0. The van der Waals surface area contributed by atoms with E-state index in [1.54, 1.807) is 0 Å². The van der Waals surface area contributed by atoms with Gasteiger partial charge >= 0.3 is 0 Å². The lowest BCUT2D eigenvalue weighted by molar-refractivity contribution is 0.578. The molecule has 0 amide bonds. The van der Waals surface area contributed by atoms with Gasteiger partial charge in [0.05, 0.1) is 22.4 Å². The molecule has 0 saturated carbocycles. The van der Waals surface area contributed by atoms with Gasteiger partial charge in [-0.1, -0.05) is 196 Å². The summed E-state index contributed by atoms with van der Waals surface area (Å²) in [6, 6.07) is 76.6. The number of para-hydroxylation sites is 2. The number of rotatable bonds is 7. The number of allylic oxidation sites excluding steroid dienone is 4. The molecule has 5 heteroatoms. The van der Waals surface area contributed by atoms with Gasteiger partial charge in [0, 0.05) is 49.7 Å². The molecule has 0 N–H and O–H groups in total. The number of benzene rings is 9. The SMILES string of the molecule is CC12CC=CC=C1N(c1ccccc1-c1nc(-c3ccccc3)nc(-c3cccc4c3C(C)(C)c3ccccc3-4)n1)c1cccc(-c3cccc4c3c3ccc(-c5ccccc5)cc3n4-c3ccccc3)c12. The Morgan fingerprint density at radius 3 is 1.81 bits per heavy atom. The third-order valence-corrected chi connectivity index (χ3v) is 15.6. The highest BCUT2D eigenvalue weighted by Gasteiger charge is 2.47. The van der Waals surface area contributed by atoms with Crippen LogP contribution in [0.25, 0.3) is 95.0 Å². The second-order valence-electron chi connectivity index (χ2n) is 20.1. The summed E-state index contributed by atoms with van der Waals surface area (Å²) >= 11 is 0. The predicted molar refractivity (Wildman–Crippen MR) is 297 cm³/mol. The maximum absolute atomic E-state index is 5.51. The van der Waals surface area contributed by atoms with E-state index in [2.05, 4.69) is 255 Å². The first-order valence-electron chi connectivity index (χ1n) is 25.0. The van der Waals surface area contributed by atoms with E-state index >= 15 is 0 Å². The molecular weight excluding hydrogens is 875 g/mol. The lowest BCUT2D eigenvalue weighted by atomic mass is 9.73. The zero-order chi connectivity index (χ0) is 48.1. The number of hydrogen-bond donors (Lipinski definition) is 0. The second-order valence-corrected chi connectivity index (χ2v) is 20.1. The number of nitrogens with zero attached hydrogens (tertiary/aromatic N) is 5. The average molecular weight is 924 g/mol. The maximum atomic E-state index is 5.51. The van der Waals surface area contributed by atoms with Gasteiger partial charge in [0.2, 0.25) is 0 Å². The molecule has 3 heterocycles. The number of hydrogen-bond acceptors (Lipinski definition) is 4. The molecule has 5 nitrogen and oxygen atoms in total. The van der Waals surface area contributed by atoms with Crippen LogP contribution >= 0.6 is 0 Å². The Balaban J connectivity index is 0.976. The van der Waals surface area contributed by atoms with Gasteiger partial charge in [-0.2, -0.15) is 0 Å². The Morgan fingerprint density at radius 2 is 1.01 bits per heavy atom. The summed E-state index contributed by atoms with van der Waals surface area (Å²) in [7, 11) is 0. The summed E-state index contributed by atoms with van der Waals surface area (Å²) in [6.45, 7) is 7.07. The molecule has 0 saturated heterocycles. The monoisotopic (exact) mass is 923 g/mol. The molecule has 0 bridgehead atoms. The van der Waals surface area contributed by atoms with E-state index < -0.39 is 0 Å². The fraction of sp³-hybridized carbons (Fsp3) is 0.0896. The molecule has 1 atom stereocenters. The predicted octanol–water partition coefficient (Wildman–Crippen LogP) is 16.9. The van der Waals surface area contributed by atoms with Crippen molar-refractivity contribution in [3.63, 3.8) is 0 Å². The summed E-state index contributed by atoms with van der Waals surface area (Å²) < 4.78 is 2.44. The van der Waals surface area contributed by atoms with Gasteiger partial charge in [0.25, 0.3) is 0 Å². The largest absolute Gasteiger partial charge is 0.312 e. The van der Waals surface area contributed by atoms with Crippen molar-refractivity contribution in [1.82, 2.24) is 19.5 Å². The van der Waals surface area contributed by atoms with Crippen LogP contribution in [0.1, 0.15) is 43.9 Å². The molecule has 0 spiro atoms. The van der Waals surface area contributed by atoms with Crippen molar-refractivity contribution in [3.8, 4) is 73.2 Å². The lowest BCUT2D eigenvalue weighted by Crippen LogP contribution is -2.27. The topological polar surface area (TPSA) is 46.8 Å². The van der Waals surface area contributed by atoms with Crippen LogP contribution in [-0.2, 0) is 10.8 Å². The van der Waals surface area contributed by atoms with E-state index in [1.165, 1.54) is 77.6 Å². The minimum Gasteiger partial charge on any atom is -0.312 e. The van der Waals surface area contributed by atoms with Crippen molar-refractivity contribution in [2.24, 2.45) is 0 Å². The van der Waals surface area contributed by atoms with Gasteiger partial charge in [-0.25, -0.2) is 15.0 Å². The van der Waals surface area contributed by atoms with Gasteiger partial charge in [-0.15, -0.1) is 0 Å². The Labute approximate surface area is 419 Å². The molecule has 72 heavy (non-hydrogen) atoms. The van der Waals surface area contributed by atoms with Crippen LogP contribution in [0.15, 0.2) is 236 Å². The number of fused-ring (bicyclic) bond motifs is 9. The van der Waals surface area contributed by atoms with E-state index in [9.17, 15) is 0 Å². The Hall–Kier alpha value is -8.93. The van der Waals surface area contributed by atoms with E-state index in [1.807, 2.05) is 6.07 Å². The molecule has 342 valence electrons. The highest BCUT2D eigenvalue weighted by Crippen LogP contribution is 2.59. The highest BCUT2D eigenvalue weighted by atomic mass is 15.2. The average Bonchev–Trinajstić information content (AvgIpc) is 4.01. The summed E-state index contributed by atoms with van der Waals surface area (Å²) in [5.41, 5.74) is 20.4. The summed E-state index contributed by atoms with van der Waals surface area (Å²) in [5, 5.41) is 2.47. The van der Waals surface area contributed by atoms with E-state index in [0.29, 0.717) is 17.5 Å². The normalized spacial score (nSPS) is 16.1. The standard InChI is InChI=1S/C67H49N5/c1-66(2)54-34-15-13-28-47(54)49-31-19-33-53(61(49)66)65-69-63(44-24-9-5-10-25-44)68-64(70-65)52-29-14-16-35-55(52)72-57-37-21-32-50(62(57)67(3)41-18-17-38-59(67)72)48-30-20-36-56-60(48)51-40-39-45(43-22-7-4-8-23-43)42-58(51)71(56)46-26-11-6-12-27-46/h4-40,42H,41H2,1-3H3. The smallest absolute Gasteiger partial charge is 0.166 e. The van der Waals surface area contributed by atoms with Gasteiger partial charge in [-0.3, -0.25) is 0 Å². The zero-order valence-corrected chi connectivity index (χ0v) is 40.4. The van der Waals surface area contributed by atoms with Crippen molar-refractivity contribution in [1.29, 1.82) is 0 Å². The van der Waals surface area contributed by atoms with Gasteiger partial charge in [0.15, 0.2) is 17.5 Å². The molecule has 1 unspecified atom stereocenters. The Kier molecular flexibility index (Phi) is 9.36. The number of anilines is 2. The van der Waals surface area contributed by atoms with E-state index in [0.717, 1.165) is 40.2 Å². The van der Waals surface area contributed by atoms with Crippen molar-refractivity contribution in [2.75, 3.05) is 4.90 Å². The van der Waals surface area contributed by atoms with Crippen molar-refractivity contribution in [3.05, 3.63) is 253 Å². The minimum absolute atomic E-state index is 0.256. The van der Waals surface area contributed by atoms with Crippen LogP contribution in [0.4, 0.5) is 11.4 Å². The van der Waals surface area contributed by atoms with Gasteiger partial charge in [0.1, 0.15) is 0 Å². The molecule has 9 aromatic carbocycles. The van der Waals surface area contributed by atoms with Crippen LogP contribution in [0.5, 0.6) is 0 Å². The molecular formula is C67H49N5. The van der Waals surface area contributed by atoms with E-state index in [4.69, 9.17) is 15.0 Å². The molecule has 11 aromatic rings. The van der Waals surface area contributed by atoms with Crippen LogP contribution in [0.2, 0.25) is 0 Å². The molecule has 3 aliphatic rings. The quantitative estimate of drug-likeness (QED) is 0.160. The Bertz CT molecular complexity index is 4050.